The van der Waals surface area contributed by atoms with Crippen LogP contribution >= 0.6 is 0 Å². The van der Waals surface area contributed by atoms with Gasteiger partial charge < -0.3 is 10.6 Å². The number of halogens is 3. The highest BCUT2D eigenvalue weighted by molar-refractivity contribution is 6.01. The molecule has 0 aromatic heterocycles. The number of alkyl halides is 3. The summed E-state index contributed by atoms with van der Waals surface area (Å²) in [5, 5.41) is 10.7. The van der Waals surface area contributed by atoms with Gasteiger partial charge in [-0.1, -0.05) is 13.0 Å². The van der Waals surface area contributed by atoms with E-state index in [2.05, 4.69) is 0 Å². The van der Waals surface area contributed by atoms with E-state index in [0.29, 0.717) is 11.3 Å². The monoisotopic (exact) mass is 305 g/mol. The number of amides is 1. The summed E-state index contributed by atoms with van der Waals surface area (Å²) in [5.41, 5.74) is 4.26. The predicted octanol–water partition coefficient (Wildman–Crippen LogP) is 2.59. The Morgan fingerprint density at radius 1 is 1.43 bits per heavy atom. The molecule has 0 aliphatic heterocycles. The minimum Gasteiger partial charge on any atom is -0.393 e. The van der Waals surface area contributed by atoms with Gasteiger partial charge in [0.1, 0.15) is 12.2 Å². The molecule has 0 radical (unpaired) electrons. The fraction of sp³-hybridized carbons (Fsp3) is 0.417. The third-order valence-electron chi connectivity index (χ3n) is 2.66. The fourth-order valence-electron chi connectivity index (χ4n) is 1.81. The van der Waals surface area contributed by atoms with Crippen molar-refractivity contribution in [2.45, 2.75) is 19.5 Å². The Hall–Kier alpha value is -2.32. The first kappa shape index (κ1) is 16.7. The van der Waals surface area contributed by atoms with Crippen molar-refractivity contribution in [3.63, 3.8) is 0 Å². The minimum atomic E-state index is -4.56. The summed E-state index contributed by atoms with van der Waals surface area (Å²) < 4.78 is 37.4. The van der Waals surface area contributed by atoms with Crippen molar-refractivity contribution in [2.24, 2.45) is 0 Å². The number of carbonyl (C=O) groups excluding carboxylic acids is 1. The second-order valence-electron chi connectivity index (χ2n) is 4.34. The minimum absolute atomic E-state index is 0.125. The molecule has 0 unspecified atom stereocenters. The van der Waals surface area contributed by atoms with E-state index >= 15 is 0 Å². The average Bonchev–Trinajstić information content (AvgIpc) is 2.36. The lowest BCUT2D eigenvalue weighted by molar-refractivity contribution is -0.383. The van der Waals surface area contributed by atoms with Crippen LogP contribution in [0.25, 0.3) is 0 Å². The summed E-state index contributed by atoms with van der Waals surface area (Å²) in [6.07, 6.45) is -4.24. The molecule has 2 N–H and O–H groups in total. The van der Waals surface area contributed by atoms with E-state index in [1.807, 2.05) is 0 Å². The maximum Gasteiger partial charge on any atom is 0.406 e. The smallest absolute Gasteiger partial charge is 0.393 e. The van der Waals surface area contributed by atoms with Crippen LogP contribution in [-0.2, 0) is 0 Å². The van der Waals surface area contributed by atoms with Gasteiger partial charge in [0.25, 0.3) is 11.6 Å². The largest absolute Gasteiger partial charge is 0.406 e. The standard InChI is InChI=1S/C12H14F3N3O3/c1-2-6-17(7-12(13,14)15)11(19)8-4-3-5-9(10(8)16)18(20)21/h3-5H,2,6-7,16H2,1H3. The van der Waals surface area contributed by atoms with Gasteiger partial charge in [-0.3, -0.25) is 14.9 Å². The third kappa shape index (κ3) is 4.33. The first-order chi connectivity index (χ1) is 9.67. The highest BCUT2D eigenvalue weighted by atomic mass is 19.4. The third-order valence-corrected chi connectivity index (χ3v) is 2.66. The van der Waals surface area contributed by atoms with Gasteiger partial charge in [-0.15, -0.1) is 0 Å². The molecule has 21 heavy (non-hydrogen) atoms. The van der Waals surface area contributed by atoms with Crippen molar-refractivity contribution in [3.8, 4) is 0 Å². The SMILES string of the molecule is CCCN(CC(F)(F)F)C(=O)c1cccc([N+](=O)[O-])c1N. The fourth-order valence-corrected chi connectivity index (χ4v) is 1.81. The second-order valence-corrected chi connectivity index (χ2v) is 4.34. The van der Waals surface area contributed by atoms with Crippen molar-refractivity contribution in [3.05, 3.63) is 33.9 Å². The number of carbonyl (C=O) groups is 1. The molecule has 116 valence electrons. The molecular formula is C12H14F3N3O3. The summed E-state index contributed by atoms with van der Waals surface area (Å²) in [5.74, 6) is -0.977. The lowest BCUT2D eigenvalue weighted by Crippen LogP contribution is -2.39. The molecule has 0 fully saturated rings. The Labute approximate surface area is 118 Å². The summed E-state index contributed by atoms with van der Waals surface area (Å²) in [4.78, 5) is 22.7. The van der Waals surface area contributed by atoms with Crippen LogP contribution in [0.4, 0.5) is 24.5 Å². The number of nitrogens with zero attached hydrogens (tertiary/aromatic N) is 2. The number of nitrogens with two attached hydrogens (primary N) is 1. The van der Waals surface area contributed by atoms with E-state index in [-0.39, 0.29) is 12.1 Å². The number of para-hydroxylation sites is 1. The molecule has 0 aliphatic carbocycles. The van der Waals surface area contributed by atoms with Crippen LogP contribution in [0.15, 0.2) is 18.2 Å². The molecule has 0 bridgehead atoms. The van der Waals surface area contributed by atoms with E-state index in [4.69, 9.17) is 5.73 Å². The van der Waals surface area contributed by atoms with Crippen LogP contribution in [0.5, 0.6) is 0 Å². The molecule has 1 amide bonds. The Balaban J connectivity index is 3.15. The number of nitro benzene ring substituents is 1. The number of benzene rings is 1. The van der Waals surface area contributed by atoms with E-state index in [1.165, 1.54) is 12.1 Å². The Kier molecular flexibility index (Phi) is 5.12. The number of hydrogen-bond donors (Lipinski definition) is 1. The van der Waals surface area contributed by atoms with E-state index in [9.17, 15) is 28.1 Å². The molecule has 6 nitrogen and oxygen atoms in total. The summed E-state index contributed by atoms with van der Waals surface area (Å²) in [6, 6.07) is 3.46. The van der Waals surface area contributed by atoms with Crippen molar-refractivity contribution < 1.29 is 22.9 Å². The van der Waals surface area contributed by atoms with Gasteiger partial charge in [0.05, 0.1) is 10.5 Å². The van der Waals surface area contributed by atoms with Crippen LogP contribution in [0.1, 0.15) is 23.7 Å². The highest BCUT2D eigenvalue weighted by Crippen LogP contribution is 2.27. The maximum atomic E-state index is 12.5. The summed E-state index contributed by atoms with van der Waals surface area (Å²) in [7, 11) is 0. The van der Waals surface area contributed by atoms with Crippen molar-refractivity contribution in [2.75, 3.05) is 18.8 Å². The normalized spacial score (nSPS) is 11.2. The first-order valence-corrected chi connectivity index (χ1v) is 6.06. The zero-order chi connectivity index (χ0) is 16.2. The van der Waals surface area contributed by atoms with Crippen molar-refractivity contribution in [1.82, 2.24) is 4.90 Å². The molecule has 0 spiro atoms. The topological polar surface area (TPSA) is 89.5 Å². The molecule has 1 rings (SSSR count). The van der Waals surface area contributed by atoms with Gasteiger partial charge in [-0.2, -0.15) is 13.2 Å². The number of hydrogen-bond acceptors (Lipinski definition) is 4. The number of nitrogen functional groups attached to an aromatic ring is 1. The summed E-state index contributed by atoms with van der Waals surface area (Å²) >= 11 is 0. The zero-order valence-electron chi connectivity index (χ0n) is 11.2. The number of nitro groups is 1. The Morgan fingerprint density at radius 2 is 2.05 bits per heavy atom. The highest BCUT2D eigenvalue weighted by Gasteiger charge is 2.34. The molecule has 1 aromatic carbocycles. The average molecular weight is 305 g/mol. The van der Waals surface area contributed by atoms with Crippen molar-refractivity contribution >= 4 is 17.3 Å². The lowest BCUT2D eigenvalue weighted by atomic mass is 10.1. The molecule has 0 atom stereocenters. The number of rotatable bonds is 5. The van der Waals surface area contributed by atoms with Gasteiger partial charge in [0, 0.05) is 12.6 Å². The second kappa shape index (κ2) is 6.42. The van der Waals surface area contributed by atoms with Gasteiger partial charge in [0.2, 0.25) is 0 Å². The van der Waals surface area contributed by atoms with Crippen LogP contribution in [-0.4, -0.2) is 35.0 Å². The van der Waals surface area contributed by atoms with E-state index in [1.54, 1.807) is 6.92 Å². The van der Waals surface area contributed by atoms with Crippen LogP contribution in [0.3, 0.4) is 0 Å². The molecule has 1 aromatic rings. The molecule has 0 heterocycles. The first-order valence-electron chi connectivity index (χ1n) is 6.06. The molecule has 9 heteroatoms. The Morgan fingerprint density at radius 3 is 2.52 bits per heavy atom. The zero-order valence-corrected chi connectivity index (χ0v) is 11.2. The predicted molar refractivity (Wildman–Crippen MR) is 69.8 cm³/mol. The molecule has 0 saturated heterocycles. The van der Waals surface area contributed by atoms with Crippen molar-refractivity contribution in [1.29, 1.82) is 0 Å². The van der Waals surface area contributed by atoms with Crippen LogP contribution in [0.2, 0.25) is 0 Å². The van der Waals surface area contributed by atoms with Gasteiger partial charge in [-0.05, 0) is 12.5 Å². The van der Waals surface area contributed by atoms with Gasteiger partial charge >= 0.3 is 6.18 Å². The lowest BCUT2D eigenvalue weighted by Gasteiger charge is -2.24. The van der Waals surface area contributed by atoms with E-state index < -0.39 is 34.9 Å². The Bertz CT molecular complexity index is 546. The van der Waals surface area contributed by atoms with Gasteiger partial charge in [-0.25, -0.2) is 0 Å². The molecule has 0 saturated carbocycles. The quantitative estimate of drug-likeness (QED) is 0.514. The molecular weight excluding hydrogens is 291 g/mol. The van der Waals surface area contributed by atoms with Gasteiger partial charge in [0.15, 0.2) is 0 Å². The number of anilines is 1. The molecule has 0 aliphatic rings. The maximum absolute atomic E-state index is 12.5. The summed E-state index contributed by atoms with van der Waals surface area (Å²) in [6.45, 7) is 0.0652. The van der Waals surface area contributed by atoms with Crippen LogP contribution in [0, 0.1) is 10.1 Å². The van der Waals surface area contributed by atoms with Crippen LogP contribution < -0.4 is 5.73 Å². The van der Waals surface area contributed by atoms with E-state index in [0.717, 1.165) is 6.07 Å².